The molecule has 3 aliphatic rings. The Hall–Kier alpha value is -3.50. The summed E-state index contributed by atoms with van der Waals surface area (Å²) in [5, 5.41) is 12.3. The fourth-order valence-corrected chi connectivity index (χ4v) is 7.13. The molecule has 1 aromatic carbocycles. The smallest absolute Gasteiger partial charge is 0.313 e. The van der Waals surface area contributed by atoms with E-state index in [0.29, 0.717) is 44.2 Å². The van der Waals surface area contributed by atoms with E-state index in [1.54, 1.807) is 28.9 Å². The molecule has 3 aliphatic heterocycles. The third kappa shape index (κ3) is 6.47. The van der Waals surface area contributed by atoms with Crippen molar-refractivity contribution in [1.82, 2.24) is 15.1 Å². The molecule has 10 nitrogen and oxygen atoms in total. The van der Waals surface area contributed by atoms with Crippen LogP contribution in [-0.2, 0) is 28.7 Å². The zero-order chi connectivity index (χ0) is 32.0. The number of benzene rings is 1. The Kier molecular flexibility index (Phi) is 11.0. The Labute approximate surface area is 260 Å². The van der Waals surface area contributed by atoms with E-state index in [-0.39, 0.29) is 43.3 Å². The van der Waals surface area contributed by atoms with Gasteiger partial charge in [-0.1, -0.05) is 42.5 Å². The molecule has 0 aromatic heterocycles. The highest BCUT2D eigenvalue weighted by Crippen LogP contribution is 2.59. The third-order valence-corrected chi connectivity index (χ3v) is 9.14. The normalized spacial score (nSPS) is 26.7. The van der Waals surface area contributed by atoms with Gasteiger partial charge in [-0.15, -0.1) is 13.2 Å². The number of nitrogens with zero attached hydrogens (tertiary/aromatic N) is 2. The number of aliphatic hydroxyl groups is 1. The summed E-state index contributed by atoms with van der Waals surface area (Å²) < 4.78 is 12.7. The van der Waals surface area contributed by atoms with Crippen LogP contribution < -0.4 is 5.32 Å². The van der Waals surface area contributed by atoms with E-state index in [1.807, 2.05) is 44.2 Å². The van der Waals surface area contributed by atoms with Gasteiger partial charge in [0.1, 0.15) is 17.7 Å². The van der Waals surface area contributed by atoms with Gasteiger partial charge < -0.3 is 29.7 Å². The molecule has 1 spiro atoms. The van der Waals surface area contributed by atoms with Crippen molar-refractivity contribution in [2.45, 2.75) is 95.2 Å². The zero-order valence-electron chi connectivity index (χ0n) is 26.2. The number of hydrogen-bond donors (Lipinski definition) is 2. The number of likely N-dealkylation sites (tertiary alicyclic amines) is 1. The molecule has 3 saturated heterocycles. The Bertz CT molecular complexity index is 1220. The molecule has 7 atom stereocenters. The molecule has 10 heteroatoms. The minimum atomic E-state index is -1.15. The SMILES string of the molecule is C=CCCC(=O)N[C@H](C)[C@@H](OC(=O)[C@@H]1[C@@H]2CC[C@]3(O2)[C@H](C(=O)N(CC=C)C(C)C)N(CCCCO)C(=O)[C@@H]13)c1ccccc1. The maximum Gasteiger partial charge on any atom is 0.313 e. The summed E-state index contributed by atoms with van der Waals surface area (Å²) in [4.78, 5) is 58.3. The highest BCUT2D eigenvalue weighted by Gasteiger charge is 2.75. The fraction of sp³-hybridized carbons (Fsp3) is 0.588. The molecule has 240 valence electrons. The molecule has 0 aliphatic carbocycles. The fourth-order valence-electron chi connectivity index (χ4n) is 7.13. The summed E-state index contributed by atoms with van der Waals surface area (Å²) in [6, 6.07) is 7.62. The molecule has 0 saturated carbocycles. The quantitative estimate of drug-likeness (QED) is 0.167. The highest BCUT2D eigenvalue weighted by molar-refractivity contribution is 5.98. The number of carbonyl (C=O) groups excluding carboxylic acids is 4. The second-order valence-corrected chi connectivity index (χ2v) is 12.3. The number of esters is 1. The summed E-state index contributed by atoms with van der Waals surface area (Å²) in [5.41, 5.74) is -0.437. The van der Waals surface area contributed by atoms with E-state index < -0.39 is 47.7 Å². The van der Waals surface area contributed by atoms with Crippen LogP contribution in [0.5, 0.6) is 0 Å². The van der Waals surface area contributed by atoms with E-state index in [4.69, 9.17) is 9.47 Å². The molecule has 2 bridgehead atoms. The molecule has 3 fully saturated rings. The van der Waals surface area contributed by atoms with Crippen molar-refractivity contribution >= 4 is 23.7 Å². The summed E-state index contributed by atoms with van der Waals surface area (Å²) >= 11 is 0. The first-order valence-corrected chi connectivity index (χ1v) is 15.8. The number of allylic oxidation sites excluding steroid dienone is 1. The van der Waals surface area contributed by atoms with Crippen molar-refractivity contribution in [3.63, 3.8) is 0 Å². The van der Waals surface area contributed by atoms with Crippen LogP contribution in [0.1, 0.15) is 71.0 Å². The van der Waals surface area contributed by atoms with Gasteiger partial charge in [0.15, 0.2) is 0 Å². The standard InChI is InChI=1S/C34H47N3O7/c1-6-8-16-26(39)35-23(5)29(24-14-10-9-11-15-24)43-33(42)27-25-17-18-34(44-25)28(27)31(40)37(20-12-13-21-38)30(34)32(41)36(19-7-2)22(3)4/h6-7,9-11,14-15,22-23,25,27-30,38H,1-2,8,12-13,16-21H2,3-5H3,(H,35,39)/t23-,25+,27-,28-,29-,30+,34-/m1/s1. The molecule has 0 unspecified atom stereocenters. The molecular weight excluding hydrogens is 562 g/mol. The van der Waals surface area contributed by atoms with E-state index in [9.17, 15) is 24.3 Å². The summed E-state index contributed by atoms with van der Waals surface area (Å²) in [7, 11) is 0. The maximum absolute atomic E-state index is 14.2. The highest BCUT2D eigenvalue weighted by atomic mass is 16.6. The number of ether oxygens (including phenoxy) is 2. The third-order valence-electron chi connectivity index (χ3n) is 9.14. The van der Waals surface area contributed by atoms with Crippen molar-refractivity contribution in [2.75, 3.05) is 19.7 Å². The molecule has 4 rings (SSSR count). The van der Waals surface area contributed by atoms with Gasteiger partial charge in [-0.3, -0.25) is 19.2 Å². The zero-order valence-corrected chi connectivity index (χ0v) is 26.2. The van der Waals surface area contributed by atoms with Gasteiger partial charge in [0.05, 0.1) is 24.0 Å². The summed E-state index contributed by atoms with van der Waals surface area (Å²) in [6.45, 7) is 13.6. The second-order valence-electron chi connectivity index (χ2n) is 12.3. The molecule has 1 aromatic rings. The van der Waals surface area contributed by atoms with Gasteiger partial charge in [0.25, 0.3) is 0 Å². The average molecular weight is 610 g/mol. The van der Waals surface area contributed by atoms with Crippen LogP contribution >= 0.6 is 0 Å². The molecule has 3 amide bonds. The average Bonchev–Trinajstić information content (AvgIpc) is 3.65. The van der Waals surface area contributed by atoms with Crippen molar-refractivity contribution in [3.8, 4) is 0 Å². The molecule has 0 radical (unpaired) electrons. The van der Waals surface area contributed by atoms with Crippen molar-refractivity contribution in [1.29, 1.82) is 0 Å². The Balaban J connectivity index is 1.65. The number of amides is 3. The van der Waals surface area contributed by atoms with Crippen LogP contribution in [0.3, 0.4) is 0 Å². The van der Waals surface area contributed by atoms with E-state index in [0.717, 1.165) is 0 Å². The summed E-state index contributed by atoms with van der Waals surface area (Å²) in [5.74, 6) is -3.05. The molecule has 44 heavy (non-hydrogen) atoms. The second kappa shape index (κ2) is 14.5. The lowest BCUT2D eigenvalue weighted by Crippen LogP contribution is -2.57. The van der Waals surface area contributed by atoms with E-state index >= 15 is 0 Å². The Morgan fingerprint density at radius 3 is 2.55 bits per heavy atom. The monoisotopic (exact) mass is 609 g/mol. The lowest BCUT2D eigenvalue weighted by molar-refractivity contribution is -0.162. The van der Waals surface area contributed by atoms with Gasteiger partial charge >= 0.3 is 5.97 Å². The van der Waals surface area contributed by atoms with E-state index in [1.165, 1.54) is 0 Å². The number of unbranched alkanes of at least 4 members (excludes halogenated alkanes) is 1. The maximum atomic E-state index is 14.2. The van der Waals surface area contributed by atoms with Gasteiger partial charge in [-0.25, -0.2) is 0 Å². The Morgan fingerprint density at radius 2 is 1.91 bits per heavy atom. The van der Waals surface area contributed by atoms with E-state index in [2.05, 4.69) is 18.5 Å². The molecule has 3 heterocycles. The van der Waals surface area contributed by atoms with Crippen LogP contribution in [0.2, 0.25) is 0 Å². The molecule has 2 N–H and O–H groups in total. The largest absolute Gasteiger partial charge is 0.455 e. The number of rotatable bonds is 16. The van der Waals surface area contributed by atoms with Crippen LogP contribution in [0.4, 0.5) is 0 Å². The number of fused-ring (bicyclic) bond motifs is 1. The first-order chi connectivity index (χ1) is 21.1. The van der Waals surface area contributed by atoms with Gasteiger partial charge in [-0.05, 0) is 58.4 Å². The lowest BCUT2D eigenvalue weighted by Gasteiger charge is -2.38. The number of aliphatic hydroxyl groups excluding tert-OH is 1. The minimum Gasteiger partial charge on any atom is -0.455 e. The van der Waals surface area contributed by atoms with Crippen LogP contribution in [0.15, 0.2) is 55.6 Å². The van der Waals surface area contributed by atoms with Crippen molar-refractivity contribution in [3.05, 3.63) is 61.2 Å². The van der Waals surface area contributed by atoms with Crippen LogP contribution in [-0.4, -0.2) is 88.1 Å². The predicted molar refractivity (Wildman–Crippen MR) is 165 cm³/mol. The summed E-state index contributed by atoms with van der Waals surface area (Å²) in [6.07, 6.45) is 4.74. The first-order valence-electron chi connectivity index (χ1n) is 15.8. The van der Waals surface area contributed by atoms with Crippen LogP contribution in [0, 0.1) is 11.8 Å². The van der Waals surface area contributed by atoms with Gasteiger partial charge in [0, 0.05) is 32.2 Å². The Morgan fingerprint density at radius 1 is 1.18 bits per heavy atom. The topological polar surface area (TPSA) is 125 Å². The first kappa shape index (κ1) is 33.4. The predicted octanol–water partition coefficient (Wildman–Crippen LogP) is 3.31. The van der Waals surface area contributed by atoms with Gasteiger partial charge in [0.2, 0.25) is 17.7 Å². The lowest BCUT2D eigenvalue weighted by atomic mass is 9.70. The van der Waals surface area contributed by atoms with Crippen LogP contribution in [0.25, 0.3) is 0 Å². The van der Waals surface area contributed by atoms with Crippen molar-refractivity contribution < 1.29 is 33.8 Å². The molecular formula is C34H47N3O7. The number of nitrogens with one attached hydrogen (secondary N) is 1. The number of carbonyl (C=O) groups is 4. The minimum absolute atomic E-state index is 0.0273. The van der Waals surface area contributed by atoms with Gasteiger partial charge in [-0.2, -0.15) is 0 Å². The number of hydrogen-bond acceptors (Lipinski definition) is 7. The van der Waals surface area contributed by atoms with Crippen molar-refractivity contribution in [2.24, 2.45) is 11.8 Å².